The van der Waals surface area contributed by atoms with Crippen LogP contribution in [0.25, 0.3) is 0 Å². The Hall–Kier alpha value is -5.81. The van der Waals surface area contributed by atoms with E-state index in [-0.39, 0.29) is 99.5 Å². The van der Waals surface area contributed by atoms with Crippen LogP contribution in [0.1, 0.15) is 169 Å². The second kappa shape index (κ2) is 25.3. The standard InChI is InChI=1S/C62H86F2N10O10/c1-37(2)58-71-70-38(3)74(58)46-30-44-14-15-45(31-46)73(44)27-20-47(69-59(80)41-17-21-60(63,64)22-18-41)40-9-12-43(13-10-40)67-53(78)35-82-33-51(76)65-25-5-4-6-26-66-52(77)34-83-36-54(79)68-48-19-23-62(81)50-29-42-11-16-49(75)56-55(42)61(62,57(48)84-56)24-28-72(50)32-39-7-8-39/h9-13,16,37,39,41,44-48,50,57,75,81H,4-8,14-15,17-36H2,1-3H3,(H,65,76)(H,66,77)(H,67,78)(H,68,79)(H,69,80)/t44-,45+,46?,47-,48+,50+,57-,61-,62+/m0/s1. The molecule has 9 atom stereocenters. The van der Waals surface area contributed by atoms with Crippen LogP contribution in [0.4, 0.5) is 14.5 Å². The lowest BCUT2D eigenvalue weighted by Crippen LogP contribution is -2.78. The number of aryl methyl sites for hydroxylation is 1. The quantitative estimate of drug-likeness (QED) is 0.0471. The predicted octanol–water partition coefficient (Wildman–Crippen LogP) is 5.78. The Kier molecular flexibility index (Phi) is 18.0. The number of carbonyl (C=O) groups is 5. The lowest BCUT2D eigenvalue weighted by molar-refractivity contribution is -0.192. The molecule has 4 aliphatic carbocycles. The number of aliphatic hydroxyl groups is 1. The molecule has 5 heterocycles. The van der Waals surface area contributed by atoms with Gasteiger partial charge in [0, 0.05) is 86.3 Å². The van der Waals surface area contributed by atoms with E-state index in [0.717, 1.165) is 80.1 Å². The number of phenolic OH excluding ortho intramolecular Hbond substituents is 1. The lowest BCUT2D eigenvalue weighted by Gasteiger charge is -2.64. The average Bonchev–Trinajstić information content (AvgIpc) is 1.38. The van der Waals surface area contributed by atoms with Gasteiger partial charge in [-0.1, -0.05) is 32.0 Å². The topological polar surface area (TPSA) is 251 Å². The number of amides is 5. The molecular weight excluding hydrogens is 1080 g/mol. The van der Waals surface area contributed by atoms with E-state index in [1.54, 1.807) is 18.2 Å². The third-order valence-electron chi connectivity index (χ3n) is 19.9. The van der Waals surface area contributed by atoms with Gasteiger partial charge < -0.3 is 55.6 Å². The summed E-state index contributed by atoms with van der Waals surface area (Å²) in [5, 5.41) is 47.2. The maximum Gasteiger partial charge on any atom is 0.250 e. The fourth-order valence-electron chi connectivity index (χ4n) is 15.6. The molecule has 84 heavy (non-hydrogen) atoms. The summed E-state index contributed by atoms with van der Waals surface area (Å²) < 4.78 is 47.9. The number of aromatic hydroxyl groups is 1. The predicted molar refractivity (Wildman–Crippen MR) is 306 cm³/mol. The van der Waals surface area contributed by atoms with Gasteiger partial charge in [-0.25, -0.2) is 8.78 Å². The highest BCUT2D eigenvalue weighted by Gasteiger charge is 2.73. The minimum Gasteiger partial charge on any atom is -0.504 e. The molecule has 0 radical (unpaired) electrons. The summed E-state index contributed by atoms with van der Waals surface area (Å²) in [6, 6.07) is 11.2. The van der Waals surface area contributed by atoms with Gasteiger partial charge in [-0.3, -0.25) is 33.8 Å². The second-order valence-electron chi connectivity index (χ2n) is 25.8. The van der Waals surface area contributed by atoms with E-state index < -0.39 is 40.9 Å². The Bertz CT molecular complexity index is 2860. The van der Waals surface area contributed by atoms with Gasteiger partial charge in [0.2, 0.25) is 35.5 Å². The molecule has 8 aliphatic rings. The van der Waals surface area contributed by atoms with E-state index in [9.17, 15) is 43.0 Å². The number of nitrogens with one attached hydrogen (secondary N) is 5. The first-order valence-corrected chi connectivity index (χ1v) is 31.1. The first kappa shape index (κ1) is 59.9. The fourth-order valence-corrected chi connectivity index (χ4v) is 15.6. The van der Waals surface area contributed by atoms with Crippen molar-refractivity contribution >= 4 is 35.2 Å². The molecule has 2 aromatic carbocycles. The number of piperidine rings is 2. The molecule has 3 aromatic rings. The zero-order chi connectivity index (χ0) is 58.9. The summed E-state index contributed by atoms with van der Waals surface area (Å²) in [4.78, 5) is 69.9. The zero-order valence-corrected chi connectivity index (χ0v) is 49.0. The zero-order valence-electron chi connectivity index (χ0n) is 49.0. The van der Waals surface area contributed by atoms with E-state index in [4.69, 9.17) is 14.2 Å². The molecule has 458 valence electrons. The molecule has 3 saturated carbocycles. The summed E-state index contributed by atoms with van der Waals surface area (Å²) >= 11 is 0. The van der Waals surface area contributed by atoms with Crippen LogP contribution in [-0.2, 0) is 45.3 Å². The molecule has 5 amide bonds. The smallest absolute Gasteiger partial charge is 0.250 e. The number of phenols is 1. The Balaban J connectivity index is 0.558. The van der Waals surface area contributed by atoms with Crippen LogP contribution in [0.3, 0.4) is 0 Å². The van der Waals surface area contributed by atoms with Gasteiger partial charge >= 0.3 is 0 Å². The molecule has 4 aliphatic heterocycles. The maximum atomic E-state index is 14.0. The number of alkyl halides is 2. The van der Waals surface area contributed by atoms with Crippen molar-refractivity contribution in [2.75, 3.05) is 64.5 Å². The molecule has 1 spiro atoms. The highest BCUT2D eigenvalue weighted by Crippen LogP contribution is 2.65. The van der Waals surface area contributed by atoms with Crippen molar-refractivity contribution in [2.24, 2.45) is 11.8 Å². The van der Waals surface area contributed by atoms with Crippen molar-refractivity contribution < 1.29 is 57.2 Å². The van der Waals surface area contributed by atoms with Crippen LogP contribution in [-0.4, -0.2) is 165 Å². The summed E-state index contributed by atoms with van der Waals surface area (Å²) in [5.41, 5.74) is 1.54. The summed E-state index contributed by atoms with van der Waals surface area (Å²) in [5.74, 6) is -1.59. The fraction of sp³-hybridized carbons (Fsp3) is 0.694. The number of rotatable bonds is 26. The SMILES string of the molecule is Cc1nnc(C(C)C)n1C1C[C@H]2CC[C@@H](C1)N2CC[C@H](NC(=O)C1CCC(F)(F)CC1)c1ccc(NC(=O)COCC(=O)NCCCCCNC(=O)COCC(=O)N[C@@H]2CC[C@@]3(O)[C@H]4Cc5ccc(O)c6c5[C@@]3(CCN4CC3CC3)[C@H]2O6)cc1. The molecule has 1 aromatic heterocycles. The van der Waals surface area contributed by atoms with Crippen molar-refractivity contribution in [2.45, 2.75) is 202 Å². The van der Waals surface area contributed by atoms with Crippen LogP contribution in [0, 0.1) is 18.8 Å². The number of halogens is 2. The Morgan fingerprint density at radius 3 is 2.12 bits per heavy atom. The minimum atomic E-state index is -2.74. The minimum absolute atomic E-state index is 0.0444. The number of fused-ring (bicyclic) bond motifs is 2. The molecule has 11 rings (SSSR count). The number of nitrogens with zero attached hydrogens (tertiary/aromatic N) is 5. The van der Waals surface area contributed by atoms with Gasteiger partial charge in [0.15, 0.2) is 11.5 Å². The number of benzene rings is 2. The first-order chi connectivity index (χ1) is 40.4. The monoisotopic (exact) mass is 1170 g/mol. The van der Waals surface area contributed by atoms with Crippen LogP contribution in [0.2, 0.25) is 0 Å². The Morgan fingerprint density at radius 2 is 1.45 bits per heavy atom. The van der Waals surface area contributed by atoms with Crippen molar-refractivity contribution in [3.63, 3.8) is 0 Å². The average molecular weight is 1170 g/mol. The number of aromatic nitrogens is 3. The maximum absolute atomic E-state index is 14.0. The number of anilines is 1. The molecule has 22 heteroatoms. The Labute approximate surface area is 490 Å². The molecule has 3 saturated heterocycles. The molecule has 7 N–H and O–H groups in total. The summed E-state index contributed by atoms with van der Waals surface area (Å²) in [6.07, 6.45) is 10.8. The first-order valence-electron chi connectivity index (χ1n) is 31.1. The van der Waals surface area contributed by atoms with Crippen LogP contribution < -0.4 is 31.3 Å². The van der Waals surface area contributed by atoms with Gasteiger partial charge in [0.05, 0.1) is 23.1 Å². The highest BCUT2D eigenvalue weighted by atomic mass is 19.3. The number of likely N-dealkylation sites (tertiary alicyclic amines) is 1. The van der Waals surface area contributed by atoms with Crippen molar-refractivity contribution in [3.8, 4) is 11.5 Å². The Morgan fingerprint density at radius 1 is 0.786 bits per heavy atom. The highest BCUT2D eigenvalue weighted by molar-refractivity contribution is 5.92. The molecule has 20 nitrogen and oxygen atoms in total. The van der Waals surface area contributed by atoms with Crippen molar-refractivity contribution in [1.29, 1.82) is 0 Å². The van der Waals surface area contributed by atoms with Crippen LogP contribution >= 0.6 is 0 Å². The molecule has 4 bridgehead atoms. The normalized spacial score (nSPS) is 28.0. The number of hydrogen-bond donors (Lipinski definition) is 7. The van der Waals surface area contributed by atoms with E-state index >= 15 is 0 Å². The third kappa shape index (κ3) is 12.7. The van der Waals surface area contributed by atoms with Gasteiger partial charge in [0.25, 0.3) is 0 Å². The number of ether oxygens (including phenoxy) is 3. The second-order valence-corrected chi connectivity index (χ2v) is 25.8. The van der Waals surface area contributed by atoms with Crippen LogP contribution in [0.15, 0.2) is 36.4 Å². The van der Waals surface area contributed by atoms with Crippen molar-refractivity contribution in [3.05, 3.63) is 64.7 Å². The van der Waals surface area contributed by atoms with E-state index in [2.05, 4.69) is 65.0 Å². The lowest BCUT2D eigenvalue weighted by atomic mass is 9.48. The van der Waals surface area contributed by atoms with Gasteiger partial charge in [-0.05, 0) is 151 Å². The number of unbranched alkanes of at least 4 members (excludes halogenated alkanes) is 2. The van der Waals surface area contributed by atoms with E-state index in [1.807, 2.05) is 25.1 Å². The van der Waals surface area contributed by atoms with Crippen molar-refractivity contribution in [1.82, 2.24) is 45.8 Å². The summed E-state index contributed by atoms with van der Waals surface area (Å²) in [6.45, 7) is 8.37. The van der Waals surface area contributed by atoms with Gasteiger partial charge in [-0.15, -0.1) is 10.2 Å². The largest absolute Gasteiger partial charge is 0.504 e. The van der Waals surface area contributed by atoms with Gasteiger partial charge in [0.1, 0.15) is 44.2 Å². The van der Waals surface area contributed by atoms with Crippen LogP contribution in [0.5, 0.6) is 11.5 Å². The number of hydrogen-bond acceptors (Lipinski definition) is 14. The van der Waals surface area contributed by atoms with E-state index in [0.29, 0.717) is 93.5 Å². The molecule has 1 unspecified atom stereocenters. The number of carbonyl (C=O) groups excluding carboxylic acids is 5. The third-order valence-corrected chi connectivity index (χ3v) is 19.9. The summed E-state index contributed by atoms with van der Waals surface area (Å²) in [7, 11) is 0. The van der Waals surface area contributed by atoms with Gasteiger partial charge in [-0.2, -0.15) is 0 Å². The molecule has 6 fully saturated rings. The molecular formula is C62H86F2N10O10. The van der Waals surface area contributed by atoms with E-state index in [1.165, 1.54) is 12.8 Å².